The summed E-state index contributed by atoms with van der Waals surface area (Å²) < 4.78 is 4.82. The third-order valence-electron chi connectivity index (χ3n) is 3.08. The van der Waals surface area contributed by atoms with E-state index in [0.717, 1.165) is 28.8 Å². The quantitative estimate of drug-likeness (QED) is 0.762. The van der Waals surface area contributed by atoms with Gasteiger partial charge in [0, 0.05) is 31.4 Å². The van der Waals surface area contributed by atoms with Crippen molar-refractivity contribution >= 4 is 33.3 Å². The fourth-order valence-corrected chi connectivity index (χ4v) is 2.50. The molecular formula is C13H19BrN6S. The van der Waals surface area contributed by atoms with E-state index in [9.17, 15) is 0 Å². The smallest absolute Gasteiger partial charge is 0.166 e. The molecule has 2 N–H and O–H groups in total. The van der Waals surface area contributed by atoms with Crippen LogP contribution in [-0.2, 0) is 26.2 Å². The topological polar surface area (TPSA) is 59.7 Å². The normalized spacial score (nSPS) is 10.6. The van der Waals surface area contributed by atoms with Crippen molar-refractivity contribution in [3.05, 3.63) is 34.3 Å². The Balaban J connectivity index is 1.80. The van der Waals surface area contributed by atoms with E-state index in [1.54, 1.807) is 6.20 Å². The Morgan fingerprint density at radius 1 is 1.19 bits per heavy atom. The van der Waals surface area contributed by atoms with E-state index in [0.29, 0.717) is 18.2 Å². The maximum Gasteiger partial charge on any atom is 0.166 e. The highest BCUT2D eigenvalue weighted by Gasteiger charge is 2.08. The van der Waals surface area contributed by atoms with Gasteiger partial charge in [0.25, 0.3) is 0 Å². The zero-order valence-corrected chi connectivity index (χ0v) is 14.5. The average Bonchev–Trinajstić information content (AvgIpc) is 3.09. The molecule has 0 aliphatic heterocycles. The molecule has 0 unspecified atom stereocenters. The van der Waals surface area contributed by atoms with Crippen LogP contribution in [0.15, 0.2) is 23.1 Å². The van der Waals surface area contributed by atoms with Gasteiger partial charge in [-0.1, -0.05) is 0 Å². The zero-order chi connectivity index (χ0) is 15.2. The first kappa shape index (κ1) is 16.0. The van der Waals surface area contributed by atoms with Crippen molar-refractivity contribution < 1.29 is 0 Å². The second-order valence-corrected chi connectivity index (χ2v) is 5.76. The number of hydrogen-bond donors (Lipinski definition) is 2. The van der Waals surface area contributed by atoms with Crippen LogP contribution >= 0.6 is 28.1 Å². The van der Waals surface area contributed by atoms with E-state index in [1.807, 2.05) is 21.8 Å². The second-order valence-electron chi connectivity index (χ2n) is 4.50. The van der Waals surface area contributed by atoms with Gasteiger partial charge in [0.1, 0.15) is 0 Å². The van der Waals surface area contributed by atoms with Crippen molar-refractivity contribution in [3.8, 4) is 0 Å². The third-order valence-corrected chi connectivity index (χ3v) is 4.03. The first-order valence-corrected chi connectivity index (χ1v) is 8.07. The van der Waals surface area contributed by atoms with Crippen molar-refractivity contribution in [1.29, 1.82) is 0 Å². The minimum Gasteiger partial charge on any atom is -0.359 e. The number of rotatable bonds is 6. The van der Waals surface area contributed by atoms with Crippen LogP contribution in [0.2, 0.25) is 0 Å². The number of nitrogens with one attached hydrogen (secondary N) is 2. The van der Waals surface area contributed by atoms with Crippen LogP contribution in [0.3, 0.4) is 0 Å². The lowest BCUT2D eigenvalue weighted by atomic mass is 10.3. The first-order chi connectivity index (χ1) is 10.1. The molecule has 0 aliphatic rings. The molecule has 0 aliphatic carbocycles. The minimum absolute atomic E-state index is 0.620. The predicted molar refractivity (Wildman–Crippen MR) is 89.8 cm³/mol. The van der Waals surface area contributed by atoms with Crippen LogP contribution in [0.5, 0.6) is 0 Å². The van der Waals surface area contributed by atoms with Crippen LogP contribution in [0, 0.1) is 0 Å². The van der Waals surface area contributed by atoms with Gasteiger partial charge in [-0.15, -0.1) is 0 Å². The van der Waals surface area contributed by atoms with Crippen molar-refractivity contribution in [2.75, 3.05) is 0 Å². The van der Waals surface area contributed by atoms with Crippen molar-refractivity contribution in [2.24, 2.45) is 0 Å². The van der Waals surface area contributed by atoms with Crippen LogP contribution in [-0.4, -0.2) is 24.7 Å². The zero-order valence-electron chi connectivity index (χ0n) is 12.1. The van der Waals surface area contributed by atoms with Gasteiger partial charge in [0.2, 0.25) is 0 Å². The Morgan fingerprint density at radius 2 is 1.95 bits per heavy atom. The highest BCUT2D eigenvalue weighted by molar-refractivity contribution is 9.10. The maximum atomic E-state index is 5.29. The Morgan fingerprint density at radius 3 is 2.62 bits per heavy atom. The molecule has 114 valence electrons. The van der Waals surface area contributed by atoms with Gasteiger partial charge >= 0.3 is 0 Å². The Labute approximate surface area is 138 Å². The lowest BCUT2D eigenvalue weighted by molar-refractivity contribution is 0.610. The van der Waals surface area contributed by atoms with Gasteiger partial charge in [-0.2, -0.15) is 10.2 Å². The minimum atomic E-state index is 0.620. The summed E-state index contributed by atoms with van der Waals surface area (Å²) in [6, 6.07) is 0. The molecule has 0 atom stereocenters. The average molecular weight is 371 g/mol. The number of aryl methyl sites for hydroxylation is 2. The molecule has 0 saturated carbocycles. The number of thiocarbonyl (C=S) groups is 1. The van der Waals surface area contributed by atoms with Crippen LogP contribution in [0.25, 0.3) is 0 Å². The molecule has 0 bridgehead atoms. The van der Waals surface area contributed by atoms with E-state index in [2.05, 4.69) is 50.6 Å². The Hall–Kier alpha value is -1.41. The summed E-state index contributed by atoms with van der Waals surface area (Å²) in [6.07, 6.45) is 5.66. The SMILES string of the molecule is CCn1cc(CNC(=S)NCc2c(Br)cnn2CC)cn1. The number of nitrogens with zero attached hydrogens (tertiary/aromatic N) is 4. The molecule has 0 fully saturated rings. The van der Waals surface area contributed by atoms with E-state index in [1.165, 1.54) is 0 Å². The second kappa shape index (κ2) is 7.56. The predicted octanol–water partition coefficient (Wildman–Crippen LogP) is 2.05. The summed E-state index contributed by atoms with van der Waals surface area (Å²) in [7, 11) is 0. The molecule has 0 aromatic carbocycles. The molecule has 0 saturated heterocycles. The number of aromatic nitrogens is 4. The molecule has 0 spiro atoms. The summed E-state index contributed by atoms with van der Waals surface area (Å²) >= 11 is 8.79. The fraction of sp³-hybridized carbons (Fsp3) is 0.462. The van der Waals surface area contributed by atoms with Crippen LogP contribution in [0.4, 0.5) is 0 Å². The monoisotopic (exact) mass is 370 g/mol. The van der Waals surface area contributed by atoms with Crippen molar-refractivity contribution in [1.82, 2.24) is 30.2 Å². The standard InChI is InChI=1S/C13H19BrN6S/c1-3-19-9-10(6-17-19)5-15-13(21)16-8-12-11(14)7-18-20(12)4-2/h6-7,9H,3-5,8H2,1-2H3,(H2,15,16,21). The maximum absolute atomic E-state index is 5.29. The van der Waals surface area contributed by atoms with E-state index >= 15 is 0 Å². The van der Waals surface area contributed by atoms with Crippen molar-refractivity contribution in [2.45, 2.75) is 40.0 Å². The molecule has 8 heteroatoms. The van der Waals surface area contributed by atoms with Gasteiger partial charge in [-0.25, -0.2) is 0 Å². The van der Waals surface area contributed by atoms with Gasteiger partial charge in [-0.3, -0.25) is 9.36 Å². The molecule has 2 rings (SSSR count). The molecular weight excluding hydrogens is 352 g/mol. The first-order valence-electron chi connectivity index (χ1n) is 6.87. The largest absolute Gasteiger partial charge is 0.359 e. The highest BCUT2D eigenvalue weighted by atomic mass is 79.9. The van der Waals surface area contributed by atoms with Gasteiger partial charge < -0.3 is 10.6 Å². The third kappa shape index (κ3) is 4.28. The van der Waals surface area contributed by atoms with E-state index < -0.39 is 0 Å². The lowest BCUT2D eigenvalue weighted by Gasteiger charge is -2.11. The fourth-order valence-electron chi connectivity index (χ4n) is 1.92. The Kier molecular flexibility index (Phi) is 5.75. The molecule has 0 amide bonds. The van der Waals surface area contributed by atoms with Gasteiger partial charge in [0.15, 0.2) is 5.11 Å². The summed E-state index contributed by atoms with van der Waals surface area (Å²) in [6.45, 7) is 7.13. The molecule has 6 nitrogen and oxygen atoms in total. The van der Waals surface area contributed by atoms with Crippen LogP contribution in [0.1, 0.15) is 25.1 Å². The molecule has 2 aromatic rings. The summed E-state index contributed by atoms with van der Waals surface area (Å²) in [5, 5.41) is 15.5. The van der Waals surface area contributed by atoms with E-state index in [4.69, 9.17) is 12.2 Å². The number of halogens is 1. The van der Waals surface area contributed by atoms with Crippen LogP contribution < -0.4 is 10.6 Å². The molecule has 2 heterocycles. The lowest BCUT2D eigenvalue weighted by Crippen LogP contribution is -2.34. The Bertz CT molecular complexity index is 606. The summed E-state index contributed by atoms with van der Waals surface area (Å²) in [5.74, 6) is 0. The summed E-state index contributed by atoms with van der Waals surface area (Å²) in [4.78, 5) is 0. The molecule has 0 radical (unpaired) electrons. The molecule has 21 heavy (non-hydrogen) atoms. The van der Waals surface area contributed by atoms with Gasteiger partial charge in [0.05, 0.1) is 29.1 Å². The van der Waals surface area contributed by atoms with Crippen molar-refractivity contribution in [3.63, 3.8) is 0 Å². The summed E-state index contributed by atoms with van der Waals surface area (Å²) in [5.41, 5.74) is 2.20. The molecule has 2 aromatic heterocycles. The van der Waals surface area contributed by atoms with E-state index in [-0.39, 0.29) is 0 Å². The highest BCUT2D eigenvalue weighted by Crippen LogP contribution is 2.15. The van der Waals surface area contributed by atoms with Gasteiger partial charge in [-0.05, 0) is 42.0 Å². The number of hydrogen-bond acceptors (Lipinski definition) is 3.